The van der Waals surface area contributed by atoms with Gasteiger partial charge in [-0.25, -0.2) is 4.99 Å². The number of aliphatic imine (C=N–C) groups is 1. The van der Waals surface area contributed by atoms with Crippen molar-refractivity contribution in [2.45, 2.75) is 26.6 Å². The second kappa shape index (κ2) is 9.30. The Hall–Kier alpha value is -1.76. The molecule has 124 valence electrons. The van der Waals surface area contributed by atoms with Crippen molar-refractivity contribution >= 4 is 5.96 Å². The molecule has 0 bridgehead atoms. The van der Waals surface area contributed by atoms with Crippen LogP contribution in [0, 0.1) is 0 Å². The van der Waals surface area contributed by atoms with E-state index >= 15 is 0 Å². The molecule has 0 saturated carbocycles. The van der Waals surface area contributed by atoms with Crippen LogP contribution in [0.25, 0.3) is 0 Å². The summed E-state index contributed by atoms with van der Waals surface area (Å²) < 4.78 is 42.6. The van der Waals surface area contributed by atoms with Crippen molar-refractivity contribution in [3.05, 3.63) is 35.4 Å². The van der Waals surface area contributed by atoms with Gasteiger partial charge in [-0.3, -0.25) is 0 Å². The van der Waals surface area contributed by atoms with Crippen LogP contribution >= 0.6 is 0 Å². The van der Waals surface area contributed by atoms with Crippen molar-refractivity contribution in [3.63, 3.8) is 0 Å². The minimum Gasteiger partial charge on any atom is -0.380 e. The van der Waals surface area contributed by atoms with Gasteiger partial charge in [-0.1, -0.05) is 12.1 Å². The quantitative estimate of drug-likeness (QED) is 0.462. The van der Waals surface area contributed by atoms with Gasteiger partial charge < -0.3 is 15.4 Å². The molecule has 0 radical (unpaired) electrons. The Morgan fingerprint density at radius 2 is 1.82 bits per heavy atom. The highest BCUT2D eigenvalue weighted by molar-refractivity contribution is 5.79. The summed E-state index contributed by atoms with van der Waals surface area (Å²) in [5, 5.41) is 6.16. The Labute approximate surface area is 128 Å². The first-order valence-corrected chi connectivity index (χ1v) is 7.23. The van der Waals surface area contributed by atoms with Gasteiger partial charge in [-0.05, 0) is 31.5 Å². The van der Waals surface area contributed by atoms with Crippen molar-refractivity contribution in [1.29, 1.82) is 0 Å². The monoisotopic (exact) mass is 317 g/mol. The molecule has 7 heteroatoms. The van der Waals surface area contributed by atoms with Crippen LogP contribution in [0.15, 0.2) is 29.3 Å². The third-order valence-electron chi connectivity index (χ3n) is 2.79. The lowest BCUT2D eigenvalue weighted by Crippen LogP contribution is -2.39. The number of alkyl halides is 3. The molecule has 0 aliphatic carbocycles. The van der Waals surface area contributed by atoms with Crippen molar-refractivity contribution in [1.82, 2.24) is 10.6 Å². The topological polar surface area (TPSA) is 45.7 Å². The molecule has 1 rings (SSSR count). The lowest BCUT2D eigenvalue weighted by atomic mass is 10.1. The third kappa shape index (κ3) is 6.80. The number of hydrogen-bond donors (Lipinski definition) is 2. The summed E-state index contributed by atoms with van der Waals surface area (Å²) in [4.78, 5) is 4.33. The Bertz CT molecular complexity index is 458. The van der Waals surface area contributed by atoms with E-state index in [4.69, 9.17) is 4.74 Å². The number of guanidine groups is 1. The van der Waals surface area contributed by atoms with Crippen LogP contribution in [0.3, 0.4) is 0 Å². The fourth-order valence-electron chi connectivity index (χ4n) is 1.70. The summed E-state index contributed by atoms with van der Waals surface area (Å²) >= 11 is 0. The molecule has 2 N–H and O–H groups in total. The van der Waals surface area contributed by atoms with Crippen LogP contribution in [-0.2, 0) is 17.5 Å². The zero-order valence-corrected chi connectivity index (χ0v) is 12.8. The molecule has 0 aromatic heterocycles. The Morgan fingerprint density at radius 3 is 2.36 bits per heavy atom. The second-order valence-electron chi connectivity index (χ2n) is 4.51. The van der Waals surface area contributed by atoms with Gasteiger partial charge in [0.25, 0.3) is 0 Å². The maximum Gasteiger partial charge on any atom is 0.416 e. The SMILES string of the molecule is CCNC(=NCc1ccc(C(F)(F)F)cc1)NCCOCC. The number of hydrogen-bond acceptors (Lipinski definition) is 2. The molecule has 0 aliphatic heterocycles. The summed E-state index contributed by atoms with van der Waals surface area (Å²) in [7, 11) is 0. The van der Waals surface area contributed by atoms with Crippen molar-refractivity contribution in [2.75, 3.05) is 26.3 Å². The van der Waals surface area contributed by atoms with Crippen LogP contribution < -0.4 is 10.6 Å². The number of nitrogens with zero attached hydrogens (tertiary/aromatic N) is 1. The van der Waals surface area contributed by atoms with Gasteiger partial charge >= 0.3 is 6.18 Å². The van der Waals surface area contributed by atoms with E-state index in [0.29, 0.717) is 38.8 Å². The van der Waals surface area contributed by atoms with Gasteiger partial charge in [0.15, 0.2) is 5.96 Å². The Kier molecular flexibility index (Phi) is 7.73. The lowest BCUT2D eigenvalue weighted by Gasteiger charge is -2.11. The molecule has 1 aromatic carbocycles. The van der Waals surface area contributed by atoms with Gasteiger partial charge in [0.05, 0.1) is 18.7 Å². The molecular weight excluding hydrogens is 295 g/mol. The predicted molar refractivity (Wildman–Crippen MR) is 80.8 cm³/mol. The summed E-state index contributed by atoms with van der Waals surface area (Å²) in [6.45, 7) is 6.71. The molecule has 0 aliphatic rings. The second-order valence-corrected chi connectivity index (χ2v) is 4.51. The number of rotatable bonds is 7. The van der Waals surface area contributed by atoms with Gasteiger partial charge in [0.2, 0.25) is 0 Å². The first kappa shape index (κ1) is 18.3. The van der Waals surface area contributed by atoms with Gasteiger partial charge in [0, 0.05) is 19.7 Å². The van der Waals surface area contributed by atoms with E-state index in [-0.39, 0.29) is 0 Å². The first-order chi connectivity index (χ1) is 10.5. The van der Waals surface area contributed by atoms with E-state index < -0.39 is 11.7 Å². The zero-order chi connectivity index (χ0) is 16.4. The molecule has 0 atom stereocenters. The Balaban J connectivity index is 2.57. The zero-order valence-electron chi connectivity index (χ0n) is 12.8. The molecule has 0 unspecified atom stereocenters. The molecule has 0 saturated heterocycles. The molecule has 0 amide bonds. The summed E-state index contributed by atoms with van der Waals surface area (Å²) in [5.41, 5.74) is 0.0667. The molecule has 0 spiro atoms. The van der Waals surface area contributed by atoms with E-state index in [1.54, 1.807) is 0 Å². The predicted octanol–water partition coefficient (Wildman–Crippen LogP) is 2.80. The van der Waals surface area contributed by atoms with Crippen molar-refractivity contribution in [2.24, 2.45) is 4.99 Å². The molecule has 0 fully saturated rings. The minimum absolute atomic E-state index is 0.308. The highest BCUT2D eigenvalue weighted by atomic mass is 19.4. The molecule has 22 heavy (non-hydrogen) atoms. The maximum absolute atomic E-state index is 12.5. The van der Waals surface area contributed by atoms with Gasteiger partial charge in [-0.15, -0.1) is 0 Å². The largest absolute Gasteiger partial charge is 0.416 e. The van der Waals surface area contributed by atoms with E-state index in [9.17, 15) is 13.2 Å². The average Bonchev–Trinajstić information content (AvgIpc) is 2.48. The summed E-state index contributed by atoms with van der Waals surface area (Å²) in [5.74, 6) is 0.613. The molecule has 0 heterocycles. The normalized spacial score (nSPS) is 12.3. The maximum atomic E-state index is 12.5. The van der Waals surface area contributed by atoms with Crippen molar-refractivity contribution in [3.8, 4) is 0 Å². The standard InChI is InChI=1S/C15H22F3N3O/c1-3-19-14(20-9-10-22-4-2)21-11-12-5-7-13(8-6-12)15(16,17)18/h5-8H,3-4,9-11H2,1-2H3,(H2,19,20,21). The molecule has 1 aromatic rings. The number of benzene rings is 1. The number of halogens is 3. The highest BCUT2D eigenvalue weighted by Crippen LogP contribution is 2.29. The molecular formula is C15H22F3N3O. The van der Waals surface area contributed by atoms with Crippen LogP contribution in [0.2, 0.25) is 0 Å². The van der Waals surface area contributed by atoms with Gasteiger partial charge in [-0.2, -0.15) is 13.2 Å². The minimum atomic E-state index is -4.31. The highest BCUT2D eigenvalue weighted by Gasteiger charge is 2.29. The van der Waals surface area contributed by atoms with Crippen LogP contribution in [0.5, 0.6) is 0 Å². The smallest absolute Gasteiger partial charge is 0.380 e. The van der Waals surface area contributed by atoms with Gasteiger partial charge in [0.1, 0.15) is 0 Å². The summed E-state index contributed by atoms with van der Waals surface area (Å²) in [6.07, 6.45) is -4.31. The summed E-state index contributed by atoms with van der Waals surface area (Å²) in [6, 6.07) is 5.02. The fourth-order valence-corrected chi connectivity index (χ4v) is 1.70. The molecule has 4 nitrogen and oxygen atoms in total. The fraction of sp³-hybridized carbons (Fsp3) is 0.533. The third-order valence-corrected chi connectivity index (χ3v) is 2.79. The first-order valence-electron chi connectivity index (χ1n) is 7.23. The lowest BCUT2D eigenvalue weighted by molar-refractivity contribution is -0.137. The van der Waals surface area contributed by atoms with E-state index in [1.807, 2.05) is 13.8 Å². The Morgan fingerprint density at radius 1 is 1.14 bits per heavy atom. The van der Waals surface area contributed by atoms with Crippen LogP contribution in [0.4, 0.5) is 13.2 Å². The van der Waals surface area contributed by atoms with E-state index in [1.165, 1.54) is 12.1 Å². The van der Waals surface area contributed by atoms with E-state index in [2.05, 4.69) is 15.6 Å². The average molecular weight is 317 g/mol. The van der Waals surface area contributed by atoms with Crippen LogP contribution in [-0.4, -0.2) is 32.3 Å². The van der Waals surface area contributed by atoms with Crippen molar-refractivity contribution < 1.29 is 17.9 Å². The number of ether oxygens (including phenoxy) is 1. The van der Waals surface area contributed by atoms with Crippen LogP contribution in [0.1, 0.15) is 25.0 Å². The van der Waals surface area contributed by atoms with E-state index in [0.717, 1.165) is 17.7 Å². The number of nitrogens with one attached hydrogen (secondary N) is 2.